The van der Waals surface area contributed by atoms with Gasteiger partial charge in [0.1, 0.15) is 6.26 Å². The molecule has 10 heteroatoms. The fourth-order valence-corrected chi connectivity index (χ4v) is 3.76. The Kier molecular flexibility index (Phi) is 6.73. The molecule has 0 bridgehead atoms. The molecule has 156 valence electrons. The second-order valence-electron chi connectivity index (χ2n) is 6.58. The fourth-order valence-electron chi connectivity index (χ4n) is 2.99. The van der Waals surface area contributed by atoms with Gasteiger partial charge in [-0.15, -0.1) is 11.8 Å². The predicted molar refractivity (Wildman–Crippen MR) is 103 cm³/mol. The molecule has 0 spiro atoms. The van der Waals surface area contributed by atoms with Crippen molar-refractivity contribution in [2.75, 3.05) is 24.2 Å². The topological polar surface area (TPSA) is 74.6 Å². The summed E-state index contributed by atoms with van der Waals surface area (Å²) in [5.74, 6) is -1.14. The molecule has 6 nitrogen and oxygen atoms in total. The number of alkyl halides is 3. The highest BCUT2D eigenvalue weighted by molar-refractivity contribution is 7.99. The van der Waals surface area contributed by atoms with Crippen molar-refractivity contribution in [2.24, 2.45) is 0 Å². The number of hydrogen-bond acceptors (Lipinski definition) is 4. The average Bonchev–Trinajstić information content (AvgIpc) is 3.21. The normalized spacial score (nSPS) is 15.2. The number of carbonyl (C=O) groups is 2. The van der Waals surface area contributed by atoms with Crippen molar-refractivity contribution in [3.63, 3.8) is 0 Å². The molecule has 29 heavy (non-hydrogen) atoms. The molecule has 1 fully saturated rings. The number of benzene rings is 1. The molecule has 1 aromatic carbocycles. The largest absolute Gasteiger partial charge is 0.472 e. The van der Waals surface area contributed by atoms with Gasteiger partial charge in [0.2, 0.25) is 0 Å². The Balaban J connectivity index is 1.49. The third-order valence-electron chi connectivity index (χ3n) is 4.41. The number of hydrogen-bond donors (Lipinski definition) is 2. The Hall–Kier alpha value is -2.62. The zero-order chi connectivity index (χ0) is 20.9. The van der Waals surface area contributed by atoms with E-state index >= 15 is 0 Å². The van der Waals surface area contributed by atoms with Crippen LogP contribution in [0.3, 0.4) is 0 Å². The van der Waals surface area contributed by atoms with Crippen molar-refractivity contribution in [3.8, 4) is 0 Å². The first-order chi connectivity index (χ1) is 13.8. The first-order valence-corrected chi connectivity index (χ1v) is 9.98. The molecule has 1 aliphatic heterocycles. The van der Waals surface area contributed by atoms with Crippen LogP contribution >= 0.6 is 11.8 Å². The van der Waals surface area contributed by atoms with Gasteiger partial charge >= 0.3 is 12.2 Å². The zero-order valence-corrected chi connectivity index (χ0v) is 16.2. The summed E-state index contributed by atoms with van der Waals surface area (Å²) in [7, 11) is 0. The number of para-hydroxylation sites is 1. The maximum Gasteiger partial charge on any atom is 0.398 e. The molecule has 0 saturated carbocycles. The van der Waals surface area contributed by atoms with Crippen LogP contribution in [0.5, 0.6) is 0 Å². The zero-order valence-electron chi connectivity index (χ0n) is 15.4. The number of carbonyl (C=O) groups excluding carboxylic acids is 2. The highest BCUT2D eigenvalue weighted by Crippen LogP contribution is 2.32. The standard InChI is InChI=1S/C19H20F3N3O3S/c20-19(21,22)12-29-16-4-2-1-3-15(16)24-18(27)23-14-5-8-25(9-6-14)17(26)13-7-10-28-11-13/h1-4,7,10-11,14H,5-6,8-9,12H2,(H2,23,24,27). The molecule has 0 radical (unpaired) electrons. The van der Waals surface area contributed by atoms with Crippen LogP contribution in [-0.2, 0) is 0 Å². The van der Waals surface area contributed by atoms with E-state index in [2.05, 4.69) is 10.6 Å². The van der Waals surface area contributed by atoms with Crippen LogP contribution < -0.4 is 10.6 Å². The number of anilines is 1. The molecular weight excluding hydrogens is 407 g/mol. The van der Waals surface area contributed by atoms with Gasteiger partial charge in [-0.05, 0) is 31.0 Å². The Bertz CT molecular complexity index is 835. The van der Waals surface area contributed by atoms with E-state index < -0.39 is 18.0 Å². The maximum absolute atomic E-state index is 12.5. The number of likely N-dealkylation sites (tertiary alicyclic amines) is 1. The summed E-state index contributed by atoms with van der Waals surface area (Å²) in [4.78, 5) is 26.6. The second-order valence-corrected chi connectivity index (χ2v) is 7.59. The Morgan fingerprint density at radius 2 is 1.90 bits per heavy atom. The van der Waals surface area contributed by atoms with Gasteiger partial charge in [-0.1, -0.05) is 12.1 Å². The van der Waals surface area contributed by atoms with Crippen molar-refractivity contribution < 1.29 is 27.2 Å². The van der Waals surface area contributed by atoms with Gasteiger partial charge in [0.15, 0.2) is 0 Å². The molecule has 3 amide bonds. The van der Waals surface area contributed by atoms with Crippen LogP contribution in [-0.4, -0.2) is 47.9 Å². The van der Waals surface area contributed by atoms with Gasteiger partial charge in [0, 0.05) is 24.0 Å². The average molecular weight is 427 g/mol. The van der Waals surface area contributed by atoms with Crippen LogP contribution in [0.15, 0.2) is 52.2 Å². The van der Waals surface area contributed by atoms with E-state index in [0.717, 1.165) is 0 Å². The minimum atomic E-state index is -4.29. The first kappa shape index (κ1) is 21.1. The van der Waals surface area contributed by atoms with Crippen molar-refractivity contribution in [3.05, 3.63) is 48.4 Å². The quantitative estimate of drug-likeness (QED) is 0.696. The van der Waals surface area contributed by atoms with Crippen molar-refractivity contribution in [1.82, 2.24) is 10.2 Å². The molecule has 3 rings (SSSR count). The number of furan rings is 1. The lowest BCUT2D eigenvalue weighted by Gasteiger charge is -2.32. The Morgan fingerprint density at radius 1 is 1.17 bits per heavy atom. The van der Waals surface area contributed by atoms with Gasteiger partial charge < -0.3 is 20.0 Å². The Labute approximate surface area is 169 Å². The van der Waals surface area contributed by atoms with Gasteiger partial charge in [-0.3, -0.25) is 4.79 Å². The highest BCUT2D eigenvalue weighted by Gasteiger charge is 2.28. The lowest BCUT2D eigenvalue weighted by Crippen LogP contribution is -2.47. The van der Waals surface area contributed by atoms with Crippen molar-refractivity contribution in [1.29, 1.82) is 0 Å². The molecule has 1 aromatic heterocycles. The summed E-state index contributed by atoms with van der Waals surface area (Å²) in [5, 5.41) is 5.44. The maximum atomic E-state index is 12.5. The van der Waals surface area contributed by atoms with Crippen LogP contribution in [0, 0.1) is 0 Å². The summed E-state index contributed by atoms with van der Waals surface area (Å²) in [6.07, 6.45) is -0.282. The second kappa shape index (κ2) is 9.25. The molecule has 2 aromatic rings. The van der Waals surface area contributed by atoms with Gasteiger partial charge in [0.05, 0.1) is 23.3 Å². The number of rotatable bonds is 5. The number of nitrogens with zero attached hydrogens (tertiary/aromatic N) is 1. The third kappa shape index (κ3) is 6.18. The van der Waals surface area contributed by atoms with E-state index in [1.807, 2.05) is 0 Å². The van der Waals surface area contributed by atoms with Crippen LogP contribution in [0.2, 0.25) is 0 Å². The van der Waals surface area contributed by atoms with E-state index in [0.29, 0.717) is 53.8 Å². The smallest absolute Gasteiger partial charge is 0.398 e. The van der Waals surface area contributed by atoms with E-state index in [4.69, 9.17) is 4.42 Å². The minimum Gasteiger partial charge on any atom is -0.472 e. The van der Waals surface area contributed by atoms with Crippen LogP contribution in [0.4, 0.5) is 23.7 Å². The number of piperidine rings is 1. The summed E-state index contributed by atoms with van der Waals surface area (Å²) in [5.41, 5.74) is 0.814. The van der Waals surface area contributed by atoms with Crippen LogP contribution in [0.25, 0.3) is 0 Å². The number of urea groups is 1. The minimum absolute atomic E-state index is 0.114. The fraction of sp³-hybridized carbons (Fsp3) is 0.368. The van der Waals surface area contributed by atoms with Crippen LogP contribution in [0.1, 0.15) is 23.2 Å². The van der Waals surface area contributed by atoms with Gasteiger partial charge in [-0.2, -0.15) is 13.2 Å². The van der Waals surface area contributed by atoms with E-state index in [1.54, 1.807) is 29.2 Å². The van der Waals surface area contributed by atoms with E-state index in [-0.39, 0.29) is 11.9 Å². The Morgan fingerprint density at radius 3 is 2.55 bits per heavy atom. The number of thioether (sulfide) groups is 1. The number of halogens is 3. The molecule has 0 unspecified atom stereocenters. The molecule has 0 aliphatic carbocycles. The lowest BCUT2D eigenvalue weighted by atomic mass is 10.0. The predicted octanol–water partition coefficient (Wildman–Crippen LogP) is 4.36. The van der Waals surface area contributed by atoms with Crippen molar-refractivity contribution >= 4 is 29.4 Å². The lowest BCUT2D eigenvalue weighted by molar-refractivity contribution is -0.105. The molecular formula is C19H20F3N3O3S. The SMILES string of the molecule is O=C(Nc1ccccc1SCC(F)(F)F)NC1CCN(C(=O)c2ccoc2)CC1. The molecule has 1 aliphatic rings. The van der Waals surface area contributed by atoms with Gasteiger partial charge in [-0.25, -0.2) is 4.79 Å². The van der Waals surface area contributed by atoms with E-state index in [9.17, 15) is 22.8 Å². The first-order valence-electron chi connectivity index (χ1n) is 8.99. The molecule has 1 saturated heterocycles. The summed E-state index contributed by atoms with van der Waals surface area (Å²) in [6, 6.07) is 7.36. The summed E-state index contributed by atoms with van der Waals surface area (Å²) < 4.78 is 42.3. The highest BCUT2D eigenvalue weighted by atomic mass is 32.2. The van der Waals surface area contributed by atoms with Gasteiger partial charge in [0.25, 0.3) is 5.91 Å². The van der Waals surface area contributed by atoms with Crippen molar-refractivity contribution in [2.45, 2.75) is 30.0 Å². The molecule has 2 heterocycles. The monoisotopic (exact) mass is 427 g/mol. The molecule has 2 N–H and O–H groups in total. The summed E-state index contributed by atoms with van der Waals surface area (Å²) >= 11 is 0.625. The third-order valence-corrected chi connectivity index (χ3v) is 5.55. The van der Waals surface area contributed by atoms with E-state index in [1.165, 1.54) is 18.6 Å². The number of nitrogens with one attached hydrogen (secondary N) is 2. The molecule has 0 atom stereocenters. The number of amides is 3. The summed E-state index contributed by atoms with van der Waals surface area (Å²) in [6.45, 7) is 0.986.